The number of carbonyl (C=O) groups is 3. The number of allylic oxidation sites excluding steroid dienone is 1. The van der Waals surface area contributed by atoms with Crippen molar-refractivity contribution in [3.05, 3.63) is 18.1 Å². The molecule has 0 amide bonds. The highest BCUT2D eigenvalue weighted by Crippen LogP contribution is 2.61. The quantitative estimate of drug-likeness (QED) is 0.260. The molecule has 3 aliphatic rings. The van der Waals surface area contributed by atoms with Crippen LogP contribution in [0.5, 0.6) is 0 Å². The van der Waals surface area contributed by atoms with Gasteiger partial charge in [0.25, 0.3) is 0 Å². The maximum atomic E-state index is 12.5. The fourth-order valence-electron chi connectivity index (χ4n) is 6.98. The Labute approximate surface area is 208 Å². The topological polar surface area (TPSA) is 108 Å². The van der Waals surface area contributed by atoms with E-state index in [1.165, 1.54) is 20.8 Å². The van der Waals surface area contributed by atoms with Gasteiger partial charge >= 0.3 is 17.9 Å². The van der Waals surface area contributed by atoms with E-state index in [-0.39, 0.29) is 24.4 Å². The second-order valence-electron chi connectivity index (χ2n) is 11.3. The molecule has 8 heteroatoms. The molecule has 35 heavy (non-hydrogen) atoms. The third-order valence-corrected chi connectivity index (χ3v) is 8.58. The smallest absolute Gasteiger partial charge is 0.303 e. The summed E-state index contributed by atoms with van der Waals surface area (Å²) in [4.78, 5) is 37.0. The van der Waals surface area contributed by atoms with Crippen molar-refractivity contribution in [1.82, 2.24) is 0 Å². The van der Waals surface area contributed by atoms with Gasteiger partial charge in [-0.15, -0.1) is 0 Å². The fraction of sp³-hybridized carbons (Fsp3) is 0.778. The lowest BCUT2D eigenvalue weighted by atomic mass is 9.55. The van der Waals surface area contributed by atoms with Gasteiger partial charge in [-0.1, -0.05) is 6.92 Å². The highest BCUT2D eigenvalue weighted by molar-refractivity contribution is 5.68. The summed E-state index contributed by atoms with van der Waals surface area (Å²) in [5.74, 6) is -2.44. The molecule has 1 N–H and O–H groups in total. The van der Waals surface area contributed by atoms with Crippen LogP contribution in [-0.2, 0) is 33.3 Å². The molecule has 2 saturated carbocycles. The average Bonchev–Trinajstić information content (AvgIpc) is 2.95. The van der Waals surface area contributed by atoms with Gasteiger partial charge in [0, 0.05) is 27.9 Å². The molecule has 3 unspecified atom stereocenters. The van der Waals surface area contributed by atoms with Gasteiger partial charge < -0.3 is 24.1 Å². The molecule has 196 valence electrons. The minimum atomic E-state index is -1.14. The van der Waals surface area contributed by atoms with Gasteiger partial charge in [-0.3, -0.25) is 14.4 Å². The van der Waals surface area contributed by atoms with Gasteiger partial charge in [0.15, 0.2) is 0 Å². The van der Waals surface area contributed by atoms with Crippen LogP contribution < -0.4 is 0 Å². The summed E-state index contributed by atoms with van der Waals surface area (Å²) < 4.78 is 23.7. The first kappa shape index (κ1) is 27.5. The van der Waals surface area contributed by atoms with Crippen LogP contribution >= 0.6 is 0 Å². The lowest BCUT2D eigenvalue weighted by Gasteiger charge is -2.49. The summed E-state index contributed by atoms with van der Waals surface area (Å²) in [6.45, 7) is 11.8. The third kappa shape index (κ3) is 4.84. The van der Waals surface area contributed by atoms with E-state index in [1.54, 1.807) is 7.11 Å². The second-order valence-corrected chi connectivity index (χ2v) is 11.3. The van der Waals surface area contributed by atoms with Crippen molar-refractivity contribution >= 4 is 17.9 Å². The molecular weight excluding hydrogens is 452 g/mol. The van der Waals surface area contributed by atoms with Crippen LogP contribution in [0, 0.1) is 35.5 Å². The molecule has 0 spiro atoms. The molecule has 2 fully saturated rings. The Bertz CT molecular complexity index is 878. The number of carbonyl (C=O) groups excluding carboxylic acids is 3. The highest BCUT2D eigenvalue weighted by atomic mass is 16.6. The first-order chi connectivity index (χ1) is 16.2. The van der Waals surface area contributed by atoms with E-state index in [2.05, 4.69) is 6.42 Å². The number of hydrogen-bond donors (Lipinski definition) is 1. The normalized spacial score (nSPS) is 38.7. The molecule has 3 aliphatic carbocycles. The van der Waals surface area contributed by atoms with E-state index in [4.69, 9.17) is 18.9 Å². The Kier molecular flexibility index (Phi) is 7.68. The predicted octanol–water partition coefficient (Wildman–Crippen LogP) is 3.40. The Morgan fingerprint density at radius 3 is 2.29 bits per heavy atom. The van der Waals surface area contributed by atoms with Crippen LogP contribution in [0.25, 0.3) is 0 Å². The molecule has 3 rings (SSSR count). The Morgan fingerprint density at radius 1 is 1.14 bits per heavy atom. The maximum absolute atomic E-state index is 12.5. The van der Waals surface area contributed by atoms with E-state index in [1.807, 2.05) is 33.8 Å². The molecule has 0 aromatic heterocycles. The van der Waals surface area contributed by atoms with Crippen LogP contribution in [0.15, 0.2) is 11.6 Å². The number of aliphatic hydroxyl groups excluding tert-OH is 1. The number of esters is 3. The lowest BCUT2D eigenvalue weighted by Crippen LogP contribution is -2.59. The zero-order valence-electron chi connectivity index (χ0n) is 22.3. The zero-order valence-corrected chi connectivity index (χ0v) is 22.3. The average molecular weight is 494 g/mol. The second kappa shape index (κ2) is 9.77. The molecule has 8 nitrogen and oxygen atoms in total. The molecule has 8 atom stereocenters. The molecule has 0 aromatic rings. The molecule has 0 heterocycles. The van der Waals surface area contributed by atoms with Gasteiger partial charge in [-0.25, -0.2) is 0 Å². The van der Waals surface area contributed by atoms with E-state index in [0.717, 1.165) is 5.57 Å². The van der Waals surface area contributed by atoms with Crippen molar-refractivity contribution < 1.29 is 38.4 Å². The van der Waals surface area contributed by atoms with Gasteiger partial charge in [-0.2, -0.15) is 0 Å². The Morgan fingerprint density at radius 2 is 1.77 bits per heavy atom. The standard InChI is InChI=1S/C27H41O8/c1-15-12-27(35-19(5)31)13-16(2)23(33-17(3)29)22(27)24(34-18(4)30)26(14-28)10-9-20(11-21(15)26)25(6,7)32-8/h11-12,16,20-24,28H,9-10,13-14H2,1-8H3/q+1/t16-,20-,21?,22?,23-,24+,26?,27+/m0/s1. The maximum Gasteiger partial charge on any atom is 0.303 e. The summed E-state index contributed by atoms with van der Waals surface area (Å²) in [7, 11) is 1.68. The lowest BCUT2D eigenvalue weighted by molar-refractivity contribution is -0.196. The first-order valence-electron chi connectivity index (χ1n) is 12.5. The van der Waals surface area contributed by atoms with Crippen molar-refractivity contribution in [3.63, 3.8) is 0 Å². The number of fused-ring (bicyclic) bond motifs is 2. The van der Waals surface area contributed by atoms with E-state index in [0.29, 0.717) is 19.3 Å². The molecular formula is C27H41O8+. The Hall–Kier alpha value is -2.06. The minimum absolute atomic E-state index is 0.0873. The largest absolute Gasteiger partial charge is 0.462 e. The fourth-order valence-corrected chi connectivity index (χ4v) is 6.98. The van der Waals surface area contributed by atoms with Crippen molar-refractivity contribution in [2.24, 2.45) is 29.1 Å². The summed E-state index contributed by atoms with van der Waals surface area (Å²) in [5.41, 5.74) is -1.52. The number of aliphatic hydroxyl groups is 1. The zero-order chi connectivity index (χ0) is 26.3. The molecule has 0 saturated heterocycles. The van der Waals surface area contributed by atoms with Crippen molar-refractivity contribution in [2.45, 2.75) is 91.1 Å². The van der Waals surface area contributed by atoms with Crippen LogP contribution in [0.3, 0.4) is 0 Å². The van der Waals surface area contributed by atoms with Crippen LogP contribution in [-0.4, -0.2) is 60.1 Å². The summed E-state index contributed by atoms with van der Waals surface area (Å²) >= 11 is 0. The van der Waals surface area contributed by atoms with E-state index >= 15 is 0 Å². The van der Waals surface area contributed by atoms with Crippen LogP contribution in [0.2, 0.25) is 0 Å². The highest BCUT2D eigenvalue weighted by Gasteiger charge is 2.69. The monoisotopic (exact) mass is 493 g/mol. The van der Waals surface area contributed by atoms with Gasteiger partial charge in [-0.05, 0) is 57.6 Å². The molecule has 0 radical (unpaired) electrons. The van der Waals surface area contributed by atoms with Crippen LogP contribution in [0.4, 0.5) is 0 Å². The van der Waals surface area contributed by atoms with Gasteiger partial charge in [0.05, 0.1) is 24.4 Å². The SMILES string of the molecule is COC(C)(C)[C@@H]1[CH+]C2C(C)=C[C@@]3(OC(C)=O)C[C@H](C)[C@H](OC(C)=O)C3[C@@H](OC(C)=O)C2(CO)CC1. The third-order valence-electron chi connectivity index (χ3n) is 8.58. The first-order valence-corrected chi connectivity index (χ1v) is 12.5. The summed E-state index contributed by atoms with van der Waals surface area (Å²) in [5, 5.41) is 11.0. The van der Waals surface area contributed by atoms with Crippen LogP contribution in [0.1, 0.15) is 67.7 Å². The van der Waals surface area contributed by atoms with Crippen molar-refractivity contribution in [2.75, 3.05) is 13.7 Å². The van der Waals surface area contributed by atoms with Crippen molar-refractivity contribution in [3.8, 4) is 0 Å². The predicted molar refractivity (Wildman–Crippen MR) is 128 cm³/mol. The minimum Gasteiger partial charge on any atom is -0.462 e. The van der Waals surface area contributed by atoms with Crippen molar-refractivity contribution in [1.29, 1.82) is 0 Å². The summed E-state index contributed by atoms with van der Waals surface area (Å²) in [6, 6.07) is 0. The number of hydrogen-bond acceptors (Lipinski definition) is 8. The molecule has 0 aliphatic heterocycles. The molecule has 0 aromatic carbocycles. The number of methoxy groups -OCH3 is 1. The van der Waals surface area contributed by atoms with Gasteiger partial charge in [0.2, 0.25) is 0 Å². The summed E-state index contributed by atoms with van der Waals surface area (Å²) in [6.07, 6.45) is 4.32. The van der Waals surface area contributed by atoms with E-state index < -0.39 is 52.7 Å². The van der Waals surface area contributed by atoms with E-state index in [9.17, 15) is 19.5 Å². The van der Waals surface area contributed by atoms with Gasteiger partial charge in [0.1, 0.15) is 35.2 Å². The number of ether oxygens (including phenoxy) is 4. The molecule has 0 bridgehead atoms. The Balaban J connectivity index is 2.25. The number of rotatable bonds is 6.